The highest BCUT2D eigenvalue weighted by Gasteiger charge is 2.61. The lowest BCUT2D eigenvalue weighted by Crippen LogP contribution is -2.60. The molecular weight excluding hydrogens is 382 g/mol. The molecule has 8 nitrogen and oxygen atoms in total. The van der Waals surface area contributed by atoms with Gasteiger partial charge in [-0.1, -0.05) is 0 Å². The summed E-state index contributed by atoms with van der Waals surface area (Å²) in [5.74, 6) is 1.64. The summed E-state index contributed by atoms with van der Waals surface area (Å²) in [4.78, 5) is 29.7. The Bertz CT molecular complexity index is 1020. The van der Waals surface area contributed by atoms with E-state index in [2.05, 4.69) is 20.7 Å². The largest absolute Gasteiger partial charge is 0.479 e. The minimum atomic E-state index is -0.516. The molecule has 1 aromatic heterocycles. The summed E-state index contributed by atoms with van der Waals surface area (Å²) in [6.45, 7) is 1.71. The van der Waals surface area contributed by atoms with Crippen molar-refractivity contribution in [2.24, 2.45) is 17.3 Å². The number of amides is 2. The number of ether oxygens (including phenoxy) is 1. The fraction of sp³-hybridized carbons (Fsp3) is 0.545. The van der Waals surface area contributed by atoms with Crippen molar-refractivity contribution in [3.8, 4) is 5.75 Å². The fourth-order valence-corrected chi connectivity index (χ4v) is 6.75. The second kappa shape index (κ2) is 6.06. The topological polar surface area (TPSA) is 98.1 Å². The predicted octanol–water partition coefficient (Wildman–Crippen LogP) is 2.93. The average Bonchev–Trinajstić information content (AvgIpc) is 3.24. The predicted molar refractivity (Wildman–Crippen MR) is 109 cm³/mol. The molecular formula is C22H25N5O3. The van der Waals surface area contributed by atoms with Crippen molar-refractivity contribution in [1.29, 1.82) is 0 Å². The van der Waals surface area contributed by atoms with E-state index in [1.54, 1.807) is 25.4 Å². The first-order valence-electron chi connectivity index (χ1n) is 10.7. The Morgan fingerprint density at radius 1 is 1.27 bits per heavy atom. The number of carbonyl (C=O) groups is 2. The molecule has 30 heavy (non-hydrogen) atoms. The number of rotatable bonds is 3. The maximum Gasteiger partial charge on any atom is 0.265 e. The number of benzene rings is 1. The van der Waals surface area contributed by atoms with Crippen LogP contribution in [0.15, 0.2) is 30.9 Å². The van der Waals surface area contributed by atoms with Gasteiger partial charge in [0.1, 0.15) is 18.4 Å². The molecule has 8 heteroatoms. The van der Waals surface area contributed by atoms with E-state index >= 15 is 0 Å². The number of nitrogens with one attached hydrogen (secondary N) is 2. The van der Waals surface area contributed by atoms with Crippen LogP contribution < -0.4 is 15.4 Å². The highest BCUT2D eigenvalue weighted by molar-refractivity contribution is 6.00. The Labute approximate surface area is 174 Å². The van der Waals surface area contributed by atoms with Gasteiger partial charge in [-0.3, -0.25) is 9.59 Å². The summed E-state index contributed by atoms with van der Waals surface area (Å²) in [7, 11) is 0. The lowest BCUT2D eigenvalue weighted by Gasteiger charge is -2.60. The Kier molecular flexibility index (Phi) is 3.62. The molecule has 4 fully saturated rings. The smallest absolute Gasteiger partial charge is 0.265 e. The zero-order valence-electron chi connectivity index (χ0n) is 16.9. The molecule has 4 saturated carbocycles. The van der Waals surface area contributed by atoms with Gasteiger partial charge in [-0.05, 0) is 75.5 Å². The monoisotopic (exact) mass is 407 g/mol. The highest BCUT2D eigenvalue weighted by Crippen LogP contribution is 2.64. The van der Waals surface area contributed by atoms with E-state index in [9.17, 15) is 9.59 Å². The second-order valence-corrected chi connectivity index (χ2v) is 9.72. The van der Waals surface area contributed by atoms with Gasteiger partial charge in [-0.2, -0.15) is 5.10 Å². The molecule has 7 rings (SSSR count). The first-order valence-corrected chi connectivity index (χ1v) is 10.7. The third-order valence-electron chi connectivity index (χ3n) is 7.58. The van der Waals surface area contributed by atoms with Crippen molar-refractivity contribution < 1.29 is 14.3 Å². The van der Waals surface area contributed by atoms with E-state index in [1.807, 2.05) is 17.1 Å². The summed E-state index contributed by atoms with van der Waals surface area (Å²) in [6, 6.07) is 5.43. The molecule has 0 radical (unpaired) electrons. The van der Waals surface area contributed by atoms with Crippen LogP contribution >= 0.6 is 0 Å². The summed E-state index contributed by atoms with van der Waals surface area (Å²) in [6.07, 6.45) is 8.96. The van der Waals surface area contributed by atoms with Crippen LogP contribution in [0.2, 0.25) is 0 Å². The van der Waals surface area contributed by atoms with Crippen molar-refractivity contribution in [2.75, 3.05) is 10.6 Å². The number of fused-ring (bicyclic) bond motifs is 1. The number of anilines is 2. The summed E-state index contributed by atoms with van der Waals surface area (Å²) < 4.78 is 7.63. The molecule has 0 saturated heterocycles. The highest BCUT2D eigenvalue weighted by atomic mass is 16.5. The van der Waals surface area contributed by atoms with Crippen LogP contribution in [0.5, 0.6) is 5.75 Å². The molecule has 5 aliphatic rings. The first kappa shape index (κ1) is 17.9. The maximum absolute atomic E-state index is 13.6. The molecule has 2 N–H and O–H groups in total. The summed E-state index contributed by atoms with van der Waals surface area (Å²) in [5.41, 5.74) is 0.814. The molecule has 1 aromatic carbocycles. The van der Waals surface area contributed by atoms with Crippen LogP contribution in [0.4, 0.5) is 11.4 Å². The molecule has 1 aliphatic heterocycles. The van der Waals surface area contributed by atoms with Gasteiger partial charge in [0.2, 0.25) is 5.91 Å². The van der Waals surface area contributed by atoms with Crippen molar-refractivity contribution in [1.82, 2.24) is 14.8 Å². The summed E-state index contributed by atoms with van der Waals surface area (Å²) in [5, 5.41) is 10.5. The quantitative estimate of drug-likeness (QED) is 0.815. The van der Waals surface area contributed by atoms with Gasteiger partial charge in [0, 0.05) is 5.69 Å². The Morgan fingerprint density at radius 2 is 2.07 bits per heavy atom. The molecule has 2 heterocycles. The molecule has 4 aliphatic carbocycles. The fourth-order valence-electron chi connectivity index (χ4n) is 6.75. The lowest BCUT2D eigenvalue weighted by atomic mass is 9.46. The van der Waals surface area contributed by atoms with Crippen LogP contribution in [-0.2, 0) is 15.1 Å². The molecule has 0 spiro atoms. The van der Waals surface area contributed by atoms with E-state index in [1.165, 1.54) is 6.42 Å². The van der Waals surface area contributed by atoms with E-state index in [0.29, 0.717) is 29.0 Å². The Morgan fingerprint density at radius 3 is 2.80 bits per heavy atom. The standard InChI is InChI=1S/C22H25N5O3/c1-13-19(28)26-17-5-16(2-3-18(17)30-13)25-20(29)21-6-14-4-15(7-21)9-22(8-14,10-21)27-12-23-11-24-27/h2-3,5,11-15H,4,6-10H2,1H3,(H,25,29)(H,26,28). The van der Waals surface area contributed by atoms with Crippen LogP contribution in [0, 0.1) is 17.3 Å². The molecule has 2 aromatic rings. The number of nitrogens with zero attached hydrogens (tertiary/aromatic N) is 3. The normalized spacial score (nSPS) is 36.0. The zero-order valence-corrected chi connectivity index (χ0v) is 16.9. The van der Waals surface area contributed by atoms with Gasteiger partial charge in [0.05, 0.1) is 16.6 Å². The van der Waals surface area contributed by atoms with Gasteiger partial charge in [0.15, 0.2) is 6.10 Å². The summed E-state index contributed by atoms with van der Waals surface area (Å²) >= 11 is 0. The van der Waals surface area contributed by atoms with Crippen LogP contribution in [0.3, 0.4) is 0 Å². The third kappa shape index (κ3) is 2.58. The van der Waals surface area contributed by atoms with Crippen molar-refractivity contribution in [2.45, 2.75) is 57.1 Å². The zero-order chi connectivity index (χ0) is 20.5. The van der Waals surface area contributed by atoms with Gasteiger partial charge < -0.3 is 15.4 Å². The van der Waals surface area contributed by atoms with E-state index in [0.717, 1.165) is 32.1 Å². The average molecular weight is 407 g/mol. The van der Waals surface area contributed by atoms with Crippen molar-refractivity contribution >= 4 is 23.2 Å². The van der Waals surface area contributed by atoms with E-state index in [-0.39, 0.29) is 22.8 Å². The number of hydrogen-bond acceptors (Lipinski definition) is 5. The van der Waals surface area contributed by atoms with Gasteiger partial charge >= 0.3 is 0 Å². The molecule has 3 atom stereocenters. The Balaban J connectivity index is 1.28. The van der Waals surface area contributed by atoms with Crippen LogP contribution in [0.25, 0.3) is 0 Å². The number of carbonyl (C=O) groups excluding carboxylic acids is 2. The molecule has 3 unspecified atom stereocenters. The van der Waals surface area contributed by atoms with E-state index < -0.39 is 6.10 Å². The lowest BCUT2D eigenvalue weighted by molar-refractivity contribution is -0.150. The number of aromatic nitrogens is 3. The van der Waals surface area contributed by atoms with Gasteiger partial charge in [-0.25, -0.2) is 9.67 Å². The van der Waals surface area contributed by atoms with Gasteiger partial charge in [0.25, 0.3) is 5.91 Å². The molecule has 4 bridgehead atoms. The SMILES string of the molecule is CC1Oc2ccc(NC(=O)C34CC5CC(C3)CC(n3cncn3)(C5)C4)cc2NC1=O. The maximum atomic E-state index is 13.6. The van der Waals surface area contributed by atoms with E-state index in [4.69, 9.17) is 4.74 Å². The van der Waals surface area contributed by atoms with Crippen molar-refractivity contribution in [3.63, 3.8) is 0 Å². The molecule has 2 amide bonds. The second-order valence-electron chi connectivity index (χ2n) is 9.72. The number of hydrogen-bond donors (Lipinski definition) is 2. The minimum Gasteiger partial charge on any atom is -0.479 e. The Hall–Kier alpha value is -2.90. The first-order chi connectivity index (χ1) is 14.4. The minimum absolute atomic E-state index is 0.0810. The van der Waals surface area contributed by atoms with Crippen LogP contribution in [0.1, 0.15) is 45.4 Å². The van der Waals surface area contributed by atoms with Gasteiger partial charge in [-0.15, -0.1) is 0 Å². The van der Waals surface area contributed by atoms with Crippen LogP contribution in [-0.4, -0.2) is 32.7 Å². The van der Waals surface area contributed by atoms with Crippen molar-refractivity contribution in [3.05, 3.63) is 30.9 Å². The third-order valence-corrected chi connectivity index (χ3v) is 7.58. The molecule has 156 valence electrons.